The first kappa shape index (κ1) is 15.6. The fourth-order valence-corrected chi connectivity index (χ4v) is 4.07. The predicted molar refractivity (Wildman–Crippen MR) is 89.5 cm³/mol. The minimum atomic E-state index is -0.190. The summed E-state index contributed by atoms with van der Waals surface area (Å²) in [5, 5.41) is 5.44. The molecule has 120 valence electrons. The molecular formula is C16H23N3O2S. The number of rotatable bonds is 4. The van der Waals surface area contributed by atoms with Crippen molar-refractivity contribution in [2.45, 2.75) is 57.9 Å². The van der Waals surface area contributed by atoms with Gasteiger partial charge in [-0.05, 0) is 45.6 Å². The molecule has 6 heteroatoms. The lowest BCUT2D eigenvalue weighted by Gasteiger charge is -2.28. The summed E-state index contributed by atoms with van der Waals surface area (Å²) in [6.45, 7) is 9.82. The van der Waals surface area contributed by atoms with Gasteiger partial charge in [0.2, 0.25) is 0 Å². The molecule has 22 heavy (non-hydrogen) atoms. The average Bonchev–Trinajstić information content (AvgIpc) is 2.94. The summed E-state index contributed by atoms with van der Waals surface area (Å²) in [7, 11) is 0. The Balaban J connectivity index is 1.65. The lowest BCUT2D eigenvalue weighted by atomic mass is 9.94. The molecule has 1 aliphatic rings. The van der Waals surface area contributed by atoms with Crippen molar-refractivity contribution in [3.8, 4) is 0 Å². The monoisotopic (exact) mass is 321 g/mol. The molecule has 0 radical (unpaired) electrons. The van der Waals surface area contributed by atoms with Gasteiger partial charge in [-0.1, -0.05) is 0 Å². The standard InChI is InChI=1S/C16H23N3O2S/c1-15(2)9-12(16(3,4)21-15)17-6-7-19-10-18-11-5-8-22-13(11)14(19)20/h5,8,10,12,17H,6-7,9H2,1-4H3/t12-/m0/s1. The summed E-state index contributed by atoms with van der Waals surface area (Å²) in [6, 6.07) is 2.17. The van der Waals surface area contributed by atoms with Gasteiger partial charge in [0, 0.05) is 19.1 Å². The molecule has 0 saturated carbocycles. The third-order valence-corrected chi connectivity index (χ3v) is 5.15. The summed E-state index contributed by atoms with van der Waals surface area (Å²) in [5.74, 6) is 0. The number of ether oxygens (including phenoxy) is 1. The van der Waals surface area contributed by atoms with E-state index < -0.39 is 0 Å². The Hall–Kier alpha value is -1.24. The van der Waals surface area contributed by atoms with Crippen molar-refractivity contribution in [2.75, 3.05) is 6.54 Å². The maximum Gasteiger partial charge on any atom is 0.271 e. The maximum atomic E-state index is 12.3. The van der Waals surface area contributed by atoms with Gasteiger partial charge in [0.1, 0.15) is 4.70 Å². The molecule has 1 fully saturated rings. The van der Waals surface area contributed by atoms with E-state index in [-0.39, 0.29) is 22.8 Å². The van der Waals surface area contributed by atoms with Crippen molar-refractivity contribution in [2.24, 2.45) is 0 Å². The fourth-order valence-electron chi connectivity index (χ4n) is 3.28. The van der Waals surface area contributed by atoms with E-state index in [9.17, 15) is 4.79 Å². The maximum absolute atomic E-state index is 12.3. The van der Waals surface area contributed by atoms with Crippen molar-refractivity contribution < 1.29 is 4.74 Å². The Labute approximate surface area is 134 Å². The van der Waals surface area contributed by atoms with Gasteiger partial charge in [-0.3, -0.25) is 9.36 Å². The lowest BCUT2D eigenvalue weighted by molar-refractivity contribution is -0.0698. The summed E-state index contributed by atoms with van der Waals surface area (Å²) < 4.78 is 8.49. The van der Waals surface area contributed by atoms with Gasteiger partial charge in [0.25, 0.3) is 5.56 Å². The van der Waals surface area contributed by atoms with Gasteiger partial charge in [0.15, 0.2) is 0 Å². The summed E-state index contributed by atoms with van der Waals surface area (Å²) in [5.41, 5.74) is 0.537. The molecule has 1 N–H and O–H groups in total. The Morgan fingerprint density at radius 3 is 2.91 bits per heavy atom. The highest BCUT2D eigenvalue weighted by Gasteiger charge is 2.45. The van der Waals surface area contributed by atoms with Crippen LogP contribution in [0.1, 0.15) is 34.1 Å². The minimum absolute atomic E-state index is 0.0454. The number of nitrogens with zero attached hydrogens (tertiary/aromatic N) is 2. The Morgan fingerprint density at radius 2 is 2.23 bits per heavy atom. The van der Waals surface area contributed by atoms with Crippen LogP contribution in [0, 0.1) is 0 Å². The summed E-state index contributed by atoms with van der Waals surface area (Å²) >= 11 is 1.45. The SMILES string of the molecule is CC1(C)C[C@H](NCCn2cnc3ccsc3c2=O)C(C)(C)O1. The molecule has 1 saturated heterocycles. The molecule has 0 bridgehead atoms. The van der Waals surface area contributed by atoms with E-state index in [4.69, 9.17) is 4.74 Å². The highest BCUT2D eigenvalue weighted by atomic mass is 32.1. The van der Waals surface area contributed by atoms with Crippen LogP contribution in [-0.4, -0.2) is 33.3 Å². The number of fused-ring (bicyclic) bond motifs is 1. The van der Waals surface area contributed by atoms with Gasteiger partial charge in [-0.2, -0.15) is 0 Å². The van der Waals surface area contributed by atoms with Gasteiger partial charge >= 0.3 is 0 Å². The number of hydrogen-bond donors (Lipinski definition) is 1. The van der Waals surface area contributed by atoms with Crippen LogP contribution in [0.4, 0.5) is 0 Å². The Bertz CT molecular complexity index is 732. The van der Waals surface area contributed by atoms with Crippen molar-refractivity contribution in [3.05, 3.63) is 28.1 Å². The van der Waals surface area contributed by atoms with Crippen LogP contribution in [0.2, 0.25) is 0 Å². The number of aromatic nitrogens is 2. The Morgan fingerprint density at radius 1 is 1.45 bits per heavy atom. The topological polar surface area (TPSA) is 56.2 Å². The van der Waals surface area contributed by atoms with E-state index >= 15 is 0 Å². The van der Waals surface area contributed by atoms with Crippen LogP contribution >= 0.6 is 11.3 Å². The van der Waals surface area contributed by atoms with Gasteiger partial charge < -0.3 is 10.1 Å². The first-order valence-corrected chi connectivity index (χ1v) is 8.53. The molecule has 1 aliphatic heterocycles. The second-order valence-corrected chi connectivity index (χ2v) is 7.97. The van der Waals surface area contributed by atoms with Crippen LogP contribution in [0.15, 0.2) is 22.6 Å². The van der Waals surface area contributed by atoms with Crippen LogP contribution in [-0.2, 0) is 11.3 Å². The van der Waals surface area contributed by atoms with Gasteiger partial charge in [-0.25, -0.2) is 4.98 Å². The van der Waals surface area contributed by atoms with Gasteiger partial charge in [0.05, 0.1) is 23.0 Å². The summed E-state index contributed by atoms with van der Waals surface area (Å²) in [4.78, 5) is 16.7. The van der Waals surface area contributed by atoms with E-state index in [1.165, 1.54) is 11.3 Å². The zero-order valence-electron chi connectivity index (χ0n) is 13.5. The van der Waals surface area contributed by atoms with Crippen molar-refractivity contribution in [3.63, 3.8) is 0 Å². The quantitative estimate of drug-likeness (QED) is 0.939. The third kappa shape index (κ3) is 2.95. The van der Waals surface area contributed by atoms with E-state index in [1.807, 2.05) is 11.4 Å². The van der Waals surface area contributed by atoms with E-state index in [0.717, 1.165) is 23.2 Å². The second kappa shape index (κ2) is 5.44. The second-order valence-electron chi connectivity index (χ2n) is 7.05. The fraction of sp³-hybridized carbons (Fsp3) is 0.625. The number of hydrogen-bond acceptors (Lipinski definition) is 5. The smallest absolute Gasteiger partial charge is 0.271 e. The zero-order valence-corrected chi connectivity index (χ0v) is 14.4. The average molecular weight is 321 g/mol. The molecule has 5 nitrogen and oxygen atoms in total. The highest BCUT2D eigenvalue weighted by molar-refractivity contribution is 7.17. The number of thiophene rings is 1. The molecule has 2 aromatic rings. The molecule has 0 aromatic carbocycles. The molecule has 0 spiro atoms. The number of nitrogens with one attached hydrogen (secondary N) is 1. The third-order valence-electron chi connectivity index (χ3n) is 4.25. The van der Waals surface area contributed by atoms with E-state index in [0.29, 0.717) is 6.54 Å². The van der Waals surface area contributed by atoms with Crippen LogP contribution in [0.3, 0.4) is 0 Å². The molecule has 0 unspecified atom stereocenters. The van der Waals surface area contributed by atoms with Crippen molar-refractivity contribution in [1.82, 2.24) is 14.9 Å². The minimum Gasteiger partial charge on any atom is -0.368 e. The first-order chi connectivity index (χ1) is 10.3. The molecule has 0 aliphatic carbocycles. The molecule has 0 amide bonds. The molecule has 3 rings (SSSR count). The highest BCUT2D eigenvalue weighted by Crippen LogP contribution is 2.37. The van der Waals surface area contributed by atoms with Gasteiger partial charge in [-0.15, -0.1) is 11.3 Å². The normalized spacial score (nSPS) is 23.2. The van der Waals surface area contributed by atoms with E-state index in [1.54, 1.807) is 10.9 Å². The summed E-state index contributed by atoms with van der Waals surface area (Å²) in [6.07, 6.45) is 2.61. The Kier molecular flexibility index (Phi) is 3.87. The van der Waals surface area contributed by atoms with Crippen LogP contribution in [0.25, 0.3) is 10.2 Å². The lowest BCUT2D eigenvalue weighted by Crippen LogP contribution is -2.44. The first-order valence-electron chi connectivity index (χ1n) is 7.65. The zero-order chi connectivity index (χ0) is 16.0. The van der Waals surface area contributed by atoms with Crippen molar-refractivity contribution >= 4 is 21.6 Å². The largest absolute Gasteiger partial charge is 0.368 e. The van der Waals surface area contributed by atoms with E-state index in [2.05, 4.69) is 38.0 Å². The van der Waals surface area contributed by atoms with Crippen LogP contribution < -0.4 is 10.9 Å². The van der Waals surface area contributed by atoms with Crippen molar-refractivity contribution in [1.29, 1.82) is 0 Å². The van der Waals surface area contributed by atoms with Crippen LogP contribution in [0.5, 0.6) is 0 Å². The molecule has 2 aromatic heterocycles. The molecular weight excluding hydrogens is 298 g/mol. The molecule has 1 atom stereocenters. The molecule has 3 heterocycles. The predicted octanol–water partition coefficient (Wildman–Crippen LogP) is 2.39.